The second kappa shape index (κ2) is 5.86. The molecule has 2 fully saturated rings. The zero-order valence-corrected chi connectivity index (χ0v) is 14.8. The molecule has 3 aliphatic carbocycles. The predicted octanol–water partition coefficient (Wildman–Crippen LogP) is 2.85. The maximum absolute atomic E-state index is 14.4. The van der Waals surface area contributed by atoms with E-state index in [1.165, 1.54) is 16.8 Å². The van der Waals surface area contributed by atoms with Gasteiger partial charge in [0.1, 0.15) is 11.5 Å². The Bertz CT molecular complexity index is 934. The first-order valence-corrected chi connectivity index (χ1v) is 9.52. The molecule has 2 atom stereocenters. The van der Waals surface area contributed by atoms with Crippen molar-refractivity contribution in [3.63, 3.8) is 0 Å². The number of rotatable bonds is 4. The van der Waals surface area contributed by atoms with Crippen LogP contribution in [-0.2, 0) is 6.42 Å². The summed E-state index contributed by atoms with van der Waals surface area (Å²) >= 11 is 0. The molecule has 142 valence electrons. The van der Waals surface area contributed by atoms with Gasteiger partial charge in [0.15, 0.2) is 11.5 Å². The Morgan fingerprint density at radius 2 is 2.11 bits per heavy atom. The Kier molecular flexibility index (Phi) is 3.66. The van der Waals surface area contributed by atoms with Crippen molar-refractivity contribution in [2.75, 3.05) is 6.61 Å². The number of carbonyl (C=O) groups excluding carboxylic acids is 1. The number of aliphatic hydroxyl groups excluding tert-OH is 1. The summed E-state index contributed by atoms with van der Waals surface area (Å²) in [5, 5.41) is 17.2. The number of carbonyl (C=O) groups is 1. The summed E-state index contributed by atoms with van der Waals surface area (Å²) in [5.74, 6) is -0.883. The Morgan fingerprint density at radius 1 is 1.33 bits per heavy atom. The quantitative estimate of drug-likeness (QED) is 0.866. The number of aliphatic hydroxyl groups is 1. The third-order valence-electron chi connectivity index (χ3n) is 6.36. The van der Waals surface area contributed by atoms with Gasteiger partial charge in [-0.05, 0) is 43.7 Å². The van der Waals surface area contributed by atoms with E-state index in [2.05, 4.69) is 10.4 Å². The van der Waals surface area contributed by atoms with Crippen molar-refractivity contribution >= 4 is 5.91 Å². The number of halogens is 2. The first-order valence-electron chi connectivity index (χ1n) is 9.52. The lowest BCUT2D eigenvalue weighted by molar-refractivity contribution is 0.0832. The molecule has 0 bridgehead atoms. The van der Waals surface area contributed by atoms with Crippen molar-refractivity contribution in [1.82, 2.24) is 15.1 Å². The van der Waals surface area contributed by atoms with Crippen molar-refractivity contribution in [2.24, 2.45) is 5.92 Å². The first-order chi connectivity index (χ1) is 13.0. The van der Waals surface area contributed by atoms with Gasteiger partial charge in [-0.25, -0.2) is 13.5 Å². The summed E-state index contributed by atoms with van der Waals surface area (Å²) in [7, 11) is 0. The topological polar surface area (TPSA) is 67.2 Å². The van der Waals surface area contributed by atoms with E-state index in [0.717, 1.165) is 55.8 Å². The zero-order chi connectivity index (χ0) is 18.8. The van der Waals surface area contributed by atoms with Crippen LogP contribution in [0.15, 0.2) is 18.2 Å². The number of aromatic nitrogens is 2. The molecule has 27 heavy (non-hydrogen) atoms. The number of hydrogen-bond donors (Lipinski definition) is 2. The third kappa shape index (κ3) is 2.59. The molecule has 2 saturated carbocycles. The average molecular weight is 373 g/mol. The highest BCUT2D eigenvalue weighted by molar-refractivity contribution is 5.95. The molecule has 1 aromatic heterocycles. The Hall–Kier alpha value is -2.28. The molecule has 0 saturated heterocycles. The SMILES string of the molecule is O=C(NC1(CO)CCCC1)c1nn(-c2ccc(F)cc2F)c2c1C[C@@H]1C[C@H]21. The van der Waals surface area contributed by atoms with Gasteiger partial charge in [0, 0.05) is 17.5 Å². The number of nitrogens with zero attached hydrogens (tertiary/aromatic N) is 2. The van der Waals surface area contributed by atoms with E-state index in [9.17, 15) is 18.7 Å². The Balaban J connectivity index is 1.55. The average Bonchev–Trinajstić information content (AvgIpc) is 3.00. The van der Waals surface area contributed by atoms with E-state index < -0.39 is 17.2 Å². The minimum absolute atomic E-state index is 0.0977. The Morgan fingerprint density at radius 3 is 2.81 bits per heavy atom. The fourth-order valence-corrected chi connectivity index (χ4v) is 4.81. The minimum atomic E-state index is -0.695. The van der Waals surface area contributed by atoms with E-state index in [-0.39, 0.29) is 24.1 Å². The van der Waals surface area contributed by atoms with Crippen molar-refractivity contribution < 1.29 is 18.7 Å². The molecule has 0 unspecified atom stereocenters. The van der Waals surface area contributed by atoms with Crippen LogP contribution in [0.3, 0.4) is 0 Å². The number of amides is 1. The monoisotopic (exact) mass is 373 g/mol. The van der Waals surface area contributed by atoms with Crippen LogP contribution in [0.4, 0.5) is 8.78 Å². The van der Waals surface area contributed by atoms with Gasteiger partial charge in [0.25, 0.3) is 5.91 Å². The van der Waals surface area contributed by atoms with Gasteiger partial charge in [-0.2, -0.15) is 5.10 Å². The molecule has 5 nitrogen and oxygen atoms in total. The maximum atomic E-state index is 14.4. The summed E-state index contributed by atoms with van der Waals surface area (Å²) < 4.78 is 29.2. The van der Waals surface area contributed by atoms with Crippen LogP contribution in [0.1, 0.15) is 59.8 Å². The fraction of sp³-hybridized carbons (Fsp3) is 0.500. The second-order valence-corrected chi connectivity index (χ2v) is 8.13. The largest absolute Gasteiger partial charge is 0.394 e. The van der Waals surface area contributed by atoms with Crippen LogP contribution in [0.5, 0.6) is 0 Å². The van der Waals surface area contributed by atoms with Crippen LogP contribution < -0.4 is 5.32 Å². The summed E-state index contributed by atoms with van der Waals surface area (Å²) in [6.07, 6.45) is 5.21. The Labute approximate surface area is 155 Å². The highest BCUT2D eigenvalue weighted by atomic mass is 19.1. The van der Waals surface area contributed by atoms with E-state index >= 15 is 0 Å². The van der Waals surface area contributed by atoms with Crippen LogP contribution in [-0.4, -0.2) is 32.9 Å². The minimum Gasteiger partial charge on any atom is -0.394 e. The standard InChI is InChI=1S/C20H21F2N3O2/c21-12-3-4-16(15(22)9-12)25-18-13-7-11(13)8-14(18)17(24-25)19(27)23-20(10-26)5-1-2-6-20/h3-4,9,11,13,26H,1-2,5-8,10H2,(H,23,27)/t11-,13-/m0/s1. The molecule has 1 aromatic carbocycles. The lowest BCUT2D eigenvalue weighted by Gasteiger charge is -2.27. The lowest BCUT2D eigenvalue weighted by atomic mass is 9.98. The highest BCUT2D eigenvalue weighted by Gasteiger charge is 2.50. The first kappa shape index (κ1) is 16.9. The molecule has 1 amide bonds. The normalized spacial score (nSPS) is 24.6. The smallest absolute Gasteiger partial charge is 0.272 e. The fourth-order valence-electron chi connectivity index (χ4n) is 4.81. The van der Waals surface area contributed by atoms with Gasteiger partial charge in [-0.15, -0.1) is 0 Å². The van der Waals surface area contributed by atoms with Crippen LogP contribution in [0.2, 0.25) is 0 Å². The lowest BCUT2D eigenvalue weighted by Crippen LogP contribution is -2.49. The number of nitrogens with one attached hydrogen (secondary N) is 1. The molecule has 2 N–H and O–H groups in total. The van der Waals surface area contributed by atoms with E-state index in [1.807, 2.05) is 0 Å². The number of fused-ring (bicyclic) bond motifs is 3. The molecule has 3 aliphatic rings. The highest BCUT2D eigenvalue weighted by Crippen LogP contribution is 2.57. The van der Waals surface area contributed by atoms with Crippen molar-refractivity contribution in [2.45, 2.75) is 50.0 Å². The number of benzene rings is 1. The zero-order valence-electron chi connectivity index (χ0n) is 14.8. The predicted molar refractivity (Wildman–Crippen MR) is 93.8 cm³/mol. The second-order valence-electron chi connectivity index (χ2n) is 8.13. The van der Waals surface area contributed by atoms with E-state index in [0.29, 0.717) is 11.6 Å². The molecule has 0 aliphatic heterocycles. The van der Waals surface area contributed by atoms with Crippen LogP contribution >= 0.6 is 0 Å². The number of hydrogen-bond acceptors (Lipinski definition) is 3. The summed E-state index contributed by atoms with van der Waals surface area (Å²) in [6, 6.07) is 3.40. The van der Waals surface area contributed by atoms with Crippen molar-refractivity contribution in [1.29, 1.82) is 0 Å². The molecule has 7 heteroatoms. The van der Waals surface area contributed by atoms with E-state index in [1.54, 1.807) is 0 Å². The molecular formula is C20H21F2N3O2. The molecule has 0 spiro atoms. The molecule has 5 rings (SSSR count). The van der Waals surface area contributed by atoms with Gasteiger partial charge in [0.05, 0.1) is 17.8 Å². The molecular weight excluding hydrogens is 352 g/mol. The molecule has 0 radical (unpaired) electrons. The van der Waals surface area contributed by atoms with Gasteiger partial charge in [-0.1, -0.05) is 12.8 Å². The van der Waals surface area contributed by atoms with E-state index in [4.69, 9.17) is 0 Å². The van der Waals surface area contributed by atoms with Crippen molar-refractivity contribution in [3.05, 3.63) is 46.8 Å². The molecule has 2 aromatic rings. The van der Waals surface area contributed by atoms with Gasteiger partial charge >= 0.3 is 0 Å². The van der Waals surface area contributed by atoms with Crippen molar-refractivity contribution in [3.8, 4) is 5.69 Å². The van der Waals surface area contributed by atoms with Gasteiger partial charge < -0.3 is 10.4 Å². The molecule has 1 heterocycles. The summed E-state index contributed by atoms with van der Waals surface area (Å²) in [6.45, 7) is -0.0977. The summed E-state index contributed by atoms with van der Waals surface area (Å²) in [5.41, 5.74) is 1.62. The maximum Gasteiger partial charge on any atom is 0.272 e. The third-order valence-corrected chi connectivity index (χ3v) is 6.36. The van der Waals surface area contributed by atoms with Gasteiger partial charge in [0.2, 0.25) is 0 Å². The van der Waals surface area contributed by atoms with Crippen LogP contribution in [0, 0.1) is 17.6 Å². The van der Waals surface area contributed by atoms with Crippen LogP contribution in [0.25, 0.3) is 5.69 Å². The van der Waals surface area contributed by atoms with Gasteiger partial charge in [-0.3, -0.25) is 4.79 Å². The summed E-state index contributed by atoms with van der Waals surface area (Å²) in [4.78, 5) is 13.0.